The van der Waals surface area contributed by atoms with Crippen molar-refractivity contribution >= 4 is 11.8 Å². The molecule has 3 heteroatoms. The second kappa shape index (κ2) is 23.3. The van der Waals surface area contributed by atoms with Crippen LogP contribution in [0.25, 0.3) is 0 Å². The lowest BCUT2D eigenvalue weighted by Gasteiger charge is -2.18. The first-order valence-corrected chi connectivity index (χ1v) is 15.8. The maximum absolute atomic E-state index is 12.3. The molecule has 0 aromatic heterocycles. The van der Waals surface area contributed by atoms with Crippen molar-refractivity contribution in [3.8, 4) is 0 Å². The van der Waals surface area contributed by atoms with E-state index in [1.165, 1.54) is 140 Å². The van der Waals surface area contributed by atoms with Gasteiger partial charge >= 0.3 is 0 Å². The van der Waals surface area contributed by atoms with Crippen molar-refractivity contribution < 1.29 is 9.59 Å². The minimum Gasteiger partial charge on any atom is -0.274 e. The fourth-order valence-corrected chi connectivity index (χ4v) is 5.25. The van der Waals surface area contributed by atoms with Gasteiger partial charge in [-0.2, -0.15) is 0 Å². The molecule has 204 valence electrons. The first-order chi connectivity index (χ1) is 17.2. The lowest BCUT2D eigenvalue weighted by Crippen LogP contribution is -2.28. The molecule has 1 saturated heterocycles. The van der Waals surface area contributed by atoms with Crippen LogP contribution in [-0.2, 0) is 9.59 Å². The number of hydrogen-bond acceptors (Lipinski definition) is 2. The molecule has 1 rings (SSSR count). The number of allylic oxidation sites excluding steroid dienone is 2. The van der Waals surface area contributed by atoms with E-state index in [1.54, 1.807) is 0 Å². The van der Waals surface area contributed by atoms with Gasteiger partial charge in [-0.3, -0.25) is 14.5 Å². The molecule has 0 aromatic rings. The van der Waals surface area contributed by atoms with E-state index in [-0.39, 0.29) is 11.8 Å². The third-order valence-electron chi connectivity index (χ3n) is 7.56. The van der Waals surface area contributed by atoms with Gasteiger partial charge in [0.2, 0.25) is 11.8 Å². The molecule has 2 amide bonds. The Bertz CT molecular complexity index is 538. The Morgan fingerprint density at radius 3 is 1.29 bits per heavy atom. The molecule has 0 aliphatic carbocycles. The van der Waals surface area contributed by atoms with E-state index in [0.29, 0.717) is 12.8 Å². The Kier molecular flexibility index (Phi) is 21.2. The summed E-state index contributed by atoms with van der Waals surface area (Å²) in [4.78, 5) is 26.1. The highest BCUT2D eigenvalue weighted by molar-refractivity contribution is 6.03. The zero-order chi connectivity index (χ0) is 25.4. The number of nitrogens with zero attached hydrogens (tertiary/aromatic N) is 1. The average molecular weight is 490 g/mol. The Morgan fingerprint density at radius 1 is 0.543 bits per heavy atom. The molecular weight excluding hydrogens is 430 g/mol. The maximum Gasteiger partial charge on any atom is 0.234 e. The van der Waals surface area contributed by atoms with Gasteiger partial charge in [0.25, 0.3) is 0 Å². The van der Waals surface area contributed by atoms with E-state index in [9.17, 15) is 9.59 Å². The van der Waals surface area contributed by atoms with Crippen LogP contribution < -0.4 is 0 Å². The standard InChI is InChI=1S/C32H59NO2/c1-3-5-7-9-11-13-15-17-19-21-23-25-27-30(33-31(34)28-29-32(33)35)26-24-22-20-18-16-14-12-10-8-6-4-2/h27H,3-26,28-29H2,1-2H3/b30-27+. The van der Waals surface area contributed by atoms with Gasteiger partial charge in [-0.15, -0.1) is 0 Å². The third kappa shape index (κ3) is 17.1. The Hall–Kier alpha value is -1.12. The molecule has 0 spiro atoms. The van der Waals surface area contributed by atoms with Crippen molar-refractivity contribution in [1.82, 2.24) is 4.90 Å². The molecule has 0 saturated carbocycles. The highest BCUT2D eigenvalue weighted by atomic mass is 16.2. The second-order valence-corrected chi connectivity index (χ2v) is 10.9. The van der Waals surface area contributed by atoms with Crippen LogP contribution in [0.5, 0.6) is 0 Å². The summed E-state index contributed by atoms with van der Waals surface area (Å²) in [5, 5.41) is 0. The van der Waals surface area contributed by atoms with E-state index in [0.717, 1.165) is 25.0 Å². The SMILES string of the molecule is CCCCCCCCCCCCC/C=C(\CCCCCCCCCCCCC)N1C(=O)CCC1=O. The molecule has 0 aromatic carbocycles. The maximum atomic E-state index is 12.3. The lowest BCUT2D eigenvalue weighted by molar-refractivity contribution is -0.136. The molecule has 0 bridgehead atoms. The fourth-order valence-electron chi connectivity index (χ4n) is 5.25. The number of amides is 2. The number of carbonyl (C=O) groups is 2. The predicted molar refractivity (Wildman–Crippen MR) is 151 cm³/mol. The highest BCUT2D eigenvalue weighted by Crippen LogP contribution is 2.24. The quantitative estimate of drug-likeness (QED) is 0.0944. The average Bonchev–Trinajstić information content (AvgIpc) is 3.19. The lowest BCUT2D eigenvalue weighted by atomic mass is 10.0. The molecule has 1 aliphatic rings. The van der Waals surface area contributed by atoms with Gasteiger partial charge in [0.05, 0.1) is 0 Å². The summed E-state index contributed by atoms with van der Waals surface area (Å²) < 4.78 is 0. The Morgan fingerprint density at radius 2 is 0.886 bits per heavy atom. The molecular formula is C32H59NO2. The minimum atomic E-state index is 0.0169. The molecule has 1 fully saturated rings. The van der Waals surface area contributed by atoms with Gasteiger partial charge in [0.1, 0.15) is 0 Å². The molecule has 0 radical (unpaired) electrons. The van der Waals surface area contributed by atoms with Crippen LogP contribution in [0.4, 0.5) is 0 Å². The molecule has 1 aliphatic heterocycles. The number of carbonyl (C=O) groups excluding carboxylic acids is 2. The van der Waals surface area contributed by atoms with Crippen LogP contribution in [-0.4, -0.2) is 16.7 Å². The summed E-state index contributed by atoms with van der Waals surface area (Å²) >= 11 is 0. The van der Waals surface area contributed by atoms with Crippen molar-refractivity contribution in [2.45, 2.75) is 181 Å². The van der Waals surface area contributed by atoms with Gasteiger partial charge in [-0.1, -0.05) is 148 Å². The number of imide groups is 1. The van der Waals surface area contributed by atoms with Gasteiger partial charge in [-0.05, 0) is 25.7 Å². The van der Waals surface area contributed by atoms with Crippen molar-refractivity contribution in [3.63, 3.8) is 0 Å². The van der Waals surface area contributed by atoms with Gasteiger partial charge in [0.15, 0.2) is 0 Å². The number of hydrogen-bond donors (Lipinski definition) is 0. The van der Waals surface area contributed by atoms with Crippen LogP contribution in [0.15, 0.2) is 11.8 Å². The normalized spacial score (nSPS) is 14.5. The number of likely N-dealkylation sites (tertiary alicyclic amines) is 1. The predicted octanol–water partition coefficient (Wildman–Crippen LogP) is 10.4. The molecule has 1 heterocycles. The summed E-state index contributed by atoms with van der Waals surface area (Å²) in [5.74, 6) is 0.0338. The topological polar surface area (TPSA) is 37.4 Å². The first kappa shape index (κ1) is 31.9. The molecule has 35 heavy (non-hydrogen) atoms. The summed E-state index contributed by atoms with van der Waals surface area (Å²) in [5.41, 5.74) is 1.00. The third-order valence-corrected chi connectivity index (χ3v) is 7.56. The van der Waals surface area contributed by atoms with Crippen LogP contribution in [0.3, 0.4) is 0 Å². The zero-order valence-electron chi connectivity index (χ0n) is 23.7. The Balaban J connectivity index is 2.17. The summed E-state index contributed by atoms with van der Waals surface area (Å²) in [6, 6.07) is 0. The molecule has 0 atom stereocenters. The summed E-state index contributed by atoms with van der Waals surface area (Å²) in [6.07, 6.45) is 34.3. The van der Waals surface area contributed by atoms with E-state index in [1.807, 2.05) is 0 Å². The summed E-state index contributed by atoms with van der Waals surface area (Å²) in [6.45, 7) is 4.55. The zero-order valence-corrected chi connectivity index (χ0v) is 23.7. The molecule has 0 unspecified atom stereocenters. The van der Waals surface area contributed by atoms with Crippen LogP contribution >= 0.6 is 0 Å². The smallest absolute Gasteiger partial charge is 0.234 e. The highest BCUT2D eigenvalue weighted by Gasteiger charge is 2.31. The number of rotatable bonds is 25. The van der Waals surface area contributed by atoms with E-state index < -0.39 is 0 Å². The van der Waals surface area contributed by atoms with Crippen LogP contribution in [0.2, 0.25) is 0 Å². The van der Waals surface area contributed by atoms with Gasteiger partial charge < -0.3 is 0 Å². The molecule has 3 nitrogen and oxygen atoms in total. The fraction of sp³-hybridized carbons (Fsp3) is 0.875. The van der Waals surface area contributed by atoms with Crippen molar-refractivity contribution in [2.75, 3.05) is 0 Å². The van der Waals surface area contributed by atoms with Crippen molar-refractivity contribution in [2.24, 2.45) is 0 Å². The van der Waals surface area contributed by atoms with Gasteiger partial charge in [-0.25, -0.2) is 0 Å². The summed E-state index contributed by atoms with van der Waals surface area (Å²) in [7, 11) is 0. The minimum absolute atomic E-state index is 0.0169. The first-order valence-electron chi connectivity index (χ1n) is 15.8. The largest absolute Gasteiger partial charge is 0.274 e. The number of unbranched alkanes of at least 4 members (excludes halogenated alkanes) is 21. The molecule has 0 N–H and O–H groups in total. The van der Waals surface area contributed by atoms with Crippen LogP contribution in [0.1, 0.15) is 181 Å². The van der Waals surface area contributed by atoms with E-state index >= 15 is 0 Å². The van der Waals surface area contributed by atoms with Crippen molar-refractivity contribution in [3.05, 3.63) is 11.8 Å². The van der Waals surface area contributed by atoms with Gasteiger partial charge in [0, 0.05) is 18.5 Å². The monoisotopic (exact) mass is 489 g/mol. The van der Waals surface area contributed by atoms with Crippen LogP contribution in [0, 0.1) is 0 Å². The van der Waals surface area contributed by atoms with Crippen molar-refractivity contribution in [1.29, 1.82) is 0 Å². The van der Waals surface area contributed by atoms with E-state index in [4.69, 9.17) is 0 Å². The second-order valence-electron chi connectivity index (χ2n) is 10.9. The Labute approximate surface area is 218 Å². The van der Waals surface area contributed by atoms with E-state index in [2.05, 4.69) is 19.9 Å².